The first-order chi connectivity index (χ1) is 15.7. The Kier molecular flexibility index (Phi) is 5.91. The maximum absolute atomic E-state index is 12.9. The molecule has 166 valence electrons. The number of aryl methyl sites for hydroxylation is 1. The van der Waals surface area contributed by atoms with Gasteiger partial charge in [0.1, 0.15) is 18.1 Å². The van der Waals surface area contributed by atoms with Crippen LogP contribution in [0.4, 0.5) is 0 Å². The summed E-state index contributed by atoms with van der Waals surface area (Å²) in [4.78, 5) is 17.2. The molecular weight excluding hydrogens is 428 g/mol. The van der Waals surface area contributed by atoms with Crippen molar-refractivity contribution in [3.8, 4) is 17.2 Å². The molecule has 9 heteroatoms. The zero-order valence-electron chi connectivity index (χ0n) is 17.8. The maximum Gasteiger partial charge on any atom is 0.253 e. The molecule has 0 spiro atoms. The maximum atomic E-state index is 12.9. The monoisotopic (exact) mass is 452 g/mol. The van der Waals surface area contributed by atoms with Crippen molar-refractivity contribution in [1.82, 2.24) is 18.5 Å². The fraction of sp³-hybridized carbons (Fsp3) is 0.348. The van der Waals surface area contributed by atoms with E-state index >= 15 is 0 Å². The molecule has 2 aliphatic heterocycles. The highest BCUT2D eigenvalue weighted by Crippen LogP contribution is 2.32. The van der Waals surface area contributed by atoms with Gasteiger partial charge in [0.25, 0.3) is 5.91 Å². The Hall–Kier alpha value is -3.17. The van der Waals surface area contributed by atoms with E-state index in [2.05, 4.69) is 19.7 Å². The molecule has 0 unspecified atom stereocenters. The quantitative estimate of drug-likeness (QED) is 0.569. The Morgan fingerprint density at radius 3 is 2.56 bits per heavy atom. The number of fused-ring (bicyclic) bond motifs is 1. The van der Waals surface area contributed by atoms with Crippen LogP contribution >= 0.6 is 11.7 Å². The molecule has 2 aromatic carbocycles. The van der Waals surface area contributed by atoms with E-state index < -0.39 is 0 Å². The first-order valence-electron chi connectivity index (χ1n) is 10.6. The van der Waals surface area contributed by atoms with Gasteiger partial charge >= 0.3 is 0 Å². The van der Waals surface area contributed by atoms with Crippen molar-refractivity contribution in [3.05, 3.63) is 65.0 Å². The summed E-state index contributed by atoms with van der Waals surface area (Å²) in [7, 11) is 0. The lowest BCUT2D eigenvalue weighted by Crippen LogP contribution is -2.48. The van der Waals surface area contributed by atoms with Gasteiger partial charge in [-0.15, -0.1) is 0 Å². The molecule has 0 N–H and O–H groups in total. The summed E-state index contributed by atoms with van der Waals surface area (Å²) >= 11 is 1.18. The summed E-state index contributed by atoms with van der Waals surface area (Å²) in [6.07, 6.45) is 0. The predicted octanol–water partition coefficient (Wildman–Crippen LogP) is 3.11. The minimum Gasteiger partial charge on any atom is -0.487 e. The fourth-order valence-corrected chi connectivity index (χ4v) is 4.37. The van der Waals surface area contributed by atoms with Crippen molar-refractivity contribution in [2.75, 3.05) is 33.0 Å². The second-order valence-corrected chi connectivity index (χ2v) is 8.39. The second kappa shape index (κ2) is 9.13. The van der Waals surface area contributed by atoms with Gasteiger partial charge in [0.05, 0.1) is 17.4 Å². The van der Waals surface area contributed by atoms with Gasteiger partial charge in [0, 0.05) is 38.3 Å². The smallest absolute Gasteiger partial charge is 0.253 e. The third-order valence-electron chi connectivity index (χ3n) is 5.73. The van der Waals surface area contributed by atoms with Gasteiger partial charge < -0.3 is 19.1 Å². The first kappa shape index (κ1) is 20.7. The van der Waals surface area contributed by atoms with Crippen LogP contribution < -0.4 is 14.2 Å². The number of hydrogen-bond acceptors (Lipinski definition) is 8. The van der Waals surface area contributed by atoms with E-state index in [1.165, 1.54) is 17.3 Å². The van der Waals surface area contributed by atoms with Crippen LogP contribution in [0.25, 0.3) is 0 Å². The highest BCUT2D eigenvalue weighted by atomic mass is 32.1. The Bertz CT molecular complexity index is 1090. The molecule has 1 aromatic heterocycles. The Morgan fingerprint density at radius 1 is 1.03 bits per heavy atom. The molecule has 5 rings (SSSR count). The van der Waals surface area contributed by atoms with E-state index in [0.29, 0.717) is 31.0 Å². The van der Waals surface area contributed by atoms with Gasteiger partial charge in [-0.2, -0.15) is 8.75 Å². The average Bonchev–Trinajstić information content (AvgIpc) is 3.46. The minimum absolute atomic E-state index is 0.0545. The van der Waals surface area contributed by atoms with Crippen LogP contribution in [-0.2, 0) is 13.2 Å². The summed E-state index contributed by atoms with van der Waals surface area (Å²) in [5, 5.41) is 0. The number of nitrogens with zero attached hydrogens (tertiary/aromatic N) is 4. The van der Waals surface area contributed by atoms with Crippen molar-refractivity contribution in [2.45, 2.75) is 20.1 Å². The molecule has 3 aromatic rings. The molecule has 32 heavy (non-hydrogen) atoms. The van der Waals surface area contributed by atoms with E-state index in [-0.39, 0.29) is 12.7 Å². The van der Waals surface area contributed by atoms with Crippen molar-refractivity contribution >= 4 is 17.6 Å². The van der Waals surface area contributed by atoms with Gasteiger partial charge in [-0.25, -0.2) is 0 Å². The lowest BCUT2D eigenvalue weighted by atomic mass is 10.1. The molecule has 0 atom stereocenters. The third kappa shape index (κ3) is 4.53. The SMILES string of the molecule is Cc1nsnc1COc1ccc(C(=O)N2CCN(Cc3ccc4c(c3)OCO4)CC2)cc1. The normalized spacial score (nSPS) is 15.7. The summed E-state index contributed by atoms with van der Waals surface area (Å²) in [5.74, 6) is 2.37. The van der Waals surface area contributed by atoms with Crippen LogP contribution in [0.3, 0.4) is 0 Å². The van der Waals surface area contributed by atoms with Crippen LogP contribution in [0, 0.1) is 6.92 Å². The fourth-order valence-electron chi connectivity index (χ4n) is 3.82. The number of piperazine rings is 1. The van der Waals surface area contributed by atoms with Crippen LogP contribution in [-0.4, -0.2) is 57.4 Å². The lowest BCUT2D eigenvalue weighted by molar-refractivity contribution is 0.0628. The van der Waals surface area contributed by atoms with Gasteiger partial charge in [0.15, 0.2) is 11.5 Å². The zero-order chi connectivity index (χ0) is 21.9. The Labute approximate surface area is 190 Å². The number of aromatic nitrogens is 2. The average molecular weight is 453 g/mol. The summed E-state index contributed by atoms with van der Waals surface area (Å²) < 4.78 is 25.0. The topological polar surface area (TPSA) is 77.0 Å². The first-order valence-corrected chi connectivity index (χ1v) is 11.3. The van der Waals surface area contributed by atoms with E-state index in [1.54, 1.807) is 0 Å². The summed E-state index contributed by atoms with van der Waals surface area (Å²) in [6, 6.07) is 13.4. The van der Waals surface area contributed by atoms with E-state index in [1.807, 2.05) is 48.2 Å². The molecule has 8 nitrogen and oxygen atoms in total. The van der Waals surface area contributed by atoms with Crippen LogP contribution in [0.1, 0.15) is 27.3 Å². The molecule has 0 aliphatic carbocycles. The van der Waals surface area contributed by atoms with Crippen LogP contribution in [0.15, 0.2) is 42.5 Å². The van der Waals surface area contributed by atoms with Gasteiger partial charge in [-0.1, -0.05) is 6.07 Å². The number of carbonyl (C=O) groups excluding carboxylic acids is 1. The summed E-state index contributed by atoms with van der Waals surface area (Å²) in [5.41, 5.74) is 3.59. The molecule has 0 bridgehead atoms. The molecule has 0 radical (unpaired) electrons. The van der Waals surface area contributed by atoms with Crippen LogP contribution in [0.2, 0.25) is 0 Å². The van der Waals surface area contributed by atoms with Crippen molar-refractivity contribution in [3.63, 3.8) is 0 Å². The highest BCUT2D eigenvalue weighted by Gasteiger charge is 2.23. The van der Waals surface area contributed by atoms with E-state index in [0.717, 1.165) is 42.5 Å². The second-order valence-electron chi connectivity index (χ2n) is 7.87. The predicted molar refractivity (Wildman–Crippen MR) is 119 cm³/mol. The number of ether oxygens (including phenoxy) is 3. The van der Waals surface area contributed by atoms with Gasteiger partial charge in [0.2, 0.25) is 6.79 Å². The molecule has 0 saturated carbocycles. The summed E-state index contributed by atoms with van der Waals surface area (Å²) in [6.45, 7) is 6.49. The van der Waals surface area contributed by atoms with Crippen molar-refractivity contribution in [2.24, 2.45) is 0 Å². The minimum atomic E-state index is 0.0545. The van der Waals surface area contributed by atoms with Crippen LogP contribution in [0.5, 0.6) is 17.2 Å². The van der Waals surface area contributed by atoms with E-state index in [9.17, 15) is 4.79 Å². The molecule has 3 heterocycles. The molecular formula is C23H24N4O4S. The third-order valence-corrected chi connectivity index (χ3v) is 6.38. The molecule has 1 amide bonds. The van der Waals surface area contributed by atoms with Gasteiger partial charge in [-0.05, 0) is 48.9 Å². The Balaban J connectivity index is 1.12. The number of carbonyl (C=O) groups is 1. The molecule has 1 saturated heterocycles. The molecule has 2 aliphatic rings. The largest absolute Gasteiger partial charge is 0.487 e. The number of benzene rings is 2. The van der Waals surface area contributed by atoms with Gasteiger partial charge in [-0.3, -0.25) is 9.69 Å². The standard InChI is InChI=1S/C23H24N4O4S/c1-16-20(25-32-24-16)14-29-19-5-3-18(4-6-19)23(28)27-10-8-26(9-11-27)13-17-2-7-21-22(12-17)31-15-30-21/h2-7,12H,8-11,13-15H2,1H3. The van der Waals surface area contributed by atoms with Crippen molar-refractivity contribution < 1.29 is 19.0 Å². The van der Waals surface area contributed by atoms with E-state index in [4.69, 9.17) is 14.2 Å². The molecule has 1 fully saturated rings. The zero-order valence-corrected chi connectivity index (χ0v) is 18.6. The number of rotatable bonds is 6. The Morgan fingerprint density at radius 2 is 1.81 bits per heavy atom. The highest BCUT2D eigenvalue weighted by molar-refractivity contribution is 6.99. The number of hydrogen-bond donors (Lipinski definition) is 0. The lowest BCUT2D eigenvalue weighted by Gasteiger charge is -2.34. The van der Waals surface area contributed by atoms with Crippen molar-refractivity contribution in [1.29, 1.82) is 0 Å². The number of amides is 1.